The number of hydrazine groups is 2. The molecule has 5 rings (SSSR count). The molecule has 2 aliphatic heterocycles. The Morgan fingerprint density at radius 1 is 0.645 bits per heavy atom. The lowest BCUT2D eigenvalue weighted by atomic mass is 9.71. The molecule has 2 aliphatic rings. The number of rotatable bonds is 5. The summed E-state index contributed by atoms with van der Waals surface area (Å²) < 4.78 is 0. The Kier molecular flexibility index (Phi) is 5.40. The summed E-state index contributed by atoms with van der Waals surface area (Å²) in [6.07, 6.45) is 2.01. The molecule has 4 nitrogen and oxygen atoms in total. The molecule has 3 aromatic carbocycles. The van der Waals surface area contributed by atoms with Crippen LogP contribution < -0.4 is 21.7 Å². The second kappa shape index (κ2) is 8.21. The highest BCUT2D eigenvalue weighted by molar-refractivity contribution is 5.52. The first kappa shape index (κ1) is 20.4. The van der Waals surface area contributed by atoms with Crippen LogP contribution in [0.15, 0.2) is 78.9 Å². The van der Waals surface area contributed by atoms with E-state index in [0.717, 1.165) is 25.9 Å². The maximum absolute atomic E-state index is 3.70. The van der Waals surface area contributed by atoms with E-state index in [1.807, 2.05) is 0 Å². The van der Waals surface area contributed by atoms with Gasteiger partial charge in [-0.15, -0.1) is 0 Å². The van der Waals surface area contributed by atoms with Gasteiger partial charge in [-0.05, 0) is 46.6 Å². The summed E-state index contributed by atoms with van der Waals surface area (Å²) in [4.78, 5) is 0. The van der Waals surface area contributed by atoms with Gasteiger partial charge in [0.15, 0.2) is 0 Å². The van der Waals surface area contributed by atoms with Crippen LogP contribution >= 0.6 is 0 Å². The summed E-state index contributed by atoms with van der Waals surface area (Å²) in [7, 11) is 0. The fourth-order valence-corrected chi connectivity index (χ4v) is 5.29. The molecule has 0 radical (unpaired) electrons. The van der Waals surface area contributed by atoms with Gasteiger partial charge in [-0.25, -0.2) is 10.9 Å². The van der Waals surface area contributed by atoms with Crippen molar-refractivity contribution in [2.24, 2.45) is 0 Å². The molecular weight excluding hydrogens is 380 g/mol. The predicted octanol–water partition coefficient (Wildman–Crippen LogP) is 4.29. The Morgan fingerprint density at radius 2 is 1.16 bits per heavy atom. The quantitative estimate of drug-likeness (QED) is 0.505. The van der Waals surface area contributed by atoms with E-state index in [9.17, 15) is 0 Å². The first-order chi connectivity index (χ1) is 15.2. The van der Waals surface area contributed by atoms with Crippen LogP contribution in [-0.4, -0.2) is 13.1 Å². The van der Waals surface area contributed by atoms with Gasteiger partial charge in [-0.3, -0.25) is 10.9 Å². The Balaban J connectivity index is 1.78. The van der Waals surface area contributed by atoms with E-state index in [4.69, 9.17) is 0 Å². The molecule has 3 aromatic rings. The standard InChI is InChI=1S/C27H32N4/c1-20(2)21-13-14-24(26(15-17-28-30-26)22-9-5-3-6-10-22)25(19-21)27(16-18-29-31-27)23-11-7-4-8-12-23/h3-14,19-20,28-31H,15-18H2,1-2H3. The fraction of sp³-hybridized carbons (Fsp3) is 0.333. The van der Waals surface area contributed by atoms with Gasteiger partial charge in [-0.1, -0.05) is 92.7 Å². The topological polar surface area (TPSA) is 48.1 Å². The molecule has 0 aromatic heterocycles. The van der Waals surface area contributed by atoms with E-state index in [1.165, 1.54) is 27.8 Å². The van der Waals surface area contributed by atoms with Gasteiger partial charge in [0.2, 0.25) is 0 Å². The first-order valence-corrected chi connectivity index (χ1v) is 11.4. The number of benzene rings is 3. The van der Waals surface area contributed by atoms with Crippen molar-refractivity contribution >= 4 is 0 Å². The lowest BCUT2D eigenvalue weighted by molar-refractivity contribution is 0.401. The minimum atomic E-state index is -0.270. The molecule has 0 bridgehead atoms. The molecule has 31 heavy (non-hydrogen) atoms. The zero-order valence-electron chi connectivity index (χ0n) is 18.4. The Labute approximate surface area is 185 Å². The van der Waals surface area contributed by atoms with Crippen LogP contribution in [0.4, 0.5) is 0 Å². The number of hydrogen-bond donors (Lipinski definition) is 4. The second-order valence-electron chi connectivity index (χ2n) is 9.11. The summed E-state index contributed by atoms with van der Waals surface area (Å²) >= 11 is 0. The highest BCUT2D eigenvalue weighted by atomic mass is 15.4. The van der Waals surface area contributed by atoms with Crippen molar-refractivity contribution in [3.8, 4) is 0 Å². The third kappa shape index (κ3) is 3.40. The van der Waals surface area contributed by atoms with Gasteiger partial charge in [0.25, 0.3) is 0 Å². The molecule has 4 N–H and O–H groups in total. The van der Waals surface area contributed by atoms with E-state index in [-0.39, 0.29) is 11.1 Å². The minimum absolute atomic E-state index is 0.266. The predicted molar refractivity (Wildman–Crippen MR) is 126 cm³/mol. The maximum Gasteiger partial charge on any atom is 0.0837 e. The fourth-order valence-electron chi connectivity index (χ4n) is 5.29. The average Bonchev–Trinajstić information content (AvgIpc) is 3.51. The molecule has 2 unspecified atom stereocenters. The summed E-state index contributed by atoms with van der Waals surface area (Å²) in [5.41, 5.74) is 20.4. The highest BCUT2D eigenvalue weighted by Crippen LogP contribution is 2.45. The Bertz CT molecular complexity index is 1020. The van der Waals surface area contributed by atoms with Crippen LogP contribution in [0.2, 0.25) is 0 Å². The normalized spacial score (nSPS) is 25.9. The van der Waals surface area contributed by atoms with Crippen LogP contribution in [0, 0.1) is 0 Å². The monoisotopic (exact) mass is 412 g/mol. The second-order valence-corrected chi connectivity index (χ2v) is 9.11. The molecule has 2 heterocycles. The minimum Gasteiger partial charge on any atom is -0.257 e. The van der Waals surface area contributed by atoms with E-state index in [1.54, 1.807) is 0 Å². The average molecular weight is 413 g/mol. The van der Waals surface area contributed by atoms with E-state index >= 15 is 0 Å². The summed E-state index contributed by atoms with van der Waals surface area (Å²) in [5.74, 6) is 0.470. The third-order valence-corrected chi connectivity index (χ3v) is 7.02. The van der Waals surface area contributed by atoms with Crippen molar-refractivity contribution in [3.05, 3.63) is 107 Å². The summed E-state index contributed by atoms with van der Waals surface area (Å²) in [6.45, 7) is 6.42. The van der Waals surface area contributed by atoms with Crippen molar-refractivity contribution in [1.82, 2.24) is 21.7 Å². The molecule has 2 atom stereocenters. The molecule has 0 aliphatic carbocycles. The molecular formula is C27H32N4. The molecule has 2 saturated heterocycles. The molecule has 2 fully saturated rings. The molecule has 0 spiro atoms. The zero-order valence-corrected chi connectivity index (χ0v) is 18.4. The maximum atomic E-state index is 3.70. The van der Waals surface area contributed by atoms with Crippen LogP contribution in [0.1, 0.15) is 60.4 Å². The first-order valence-electron chi connectivity index (χ1n) is 11.4. The van der Waals surface area contributed by atoms with Crippen LogP contribution in [0.3, 0.4) is 0 Å². The number of hydrogen-bond acceptors (Lipinski definition) is 4. The smallest absolute Gasteiger partial charge is 0.0837 e. The van der Waals surface area contributed by atoms with Crippen molar-refractivity contribution in [3.63, 3.8) is 0 Å². The number of nitrogens with one attached hydrogen (secondary N) is 4. The third-order valence-electron chi connectivity index (χ3n) is 7.02. The van der Waals surface area contributed by atoms with Crippen LogP contribution in [0.25, 0.3) is 0 Å². The molecule has 0 saturated carbocycles. The van der Waals surface area contributed by atoms with Gasteiger partial charge < -0.3 is 0 Å². The molecule has 0 amide bonds. The zero-order chi connectivity index (χ0) is 21.3. The van der Waals surface area contributed by atoms with Gasteiger partial charge >= 0.3 is 0 Å². The van der Waals surface area contributed by atoms with Gasteiger partial charge in [0.05, 0.1) is 11.1 Å². The van der Waals surface area contributed by atoms with Crippen LogP contribution in [0.5, 0.6) is 0 Å². The molecule has 4 heteroatoms. The lowest BCUT2D eigenvalue weighted by Gasteiger charge is -2.39. The van der Waals surface area contributed by atoms with Crippen molar-refractivity contribution in [1.29, 1.82) is 0 Å². The van der Waals surface area contributed by atoms with Crippen molar-refractivity contribution < 1.29 is 0 Å². The van der Waals surface area contributed by atoms with E-state index in [0.29, 0.717) is 5.92 Å². The van der Waals surface area contributed by atoms with Gasteiger partial charge in [-0.2, -0.15) is 0 Å². The van der Waals surface area contributed by atoms with Crippen LogP contribution in [-0.2, 0) is 11.1 Å². The summed E-state index contributed by atoms with van der Waals surface area (Å²) in [5, 5.41) is 0. The van der Waals surface area contributed by atoms with Gasteiger partial charge in [0.1, 0.15) is 0 Å². The largest absolute Gasteiger partial charge is 0.257 e. The van der Waals surface area contributed by atoms with E-state index < -0.39 is 0 Å². The van der Waals surface area contributed by atoms with Gasteiger partial charge in [0, 0.05) is 13.1 Å². The Morgan fingerprint density at radius 3 is 1.61 bits per heavy atom. The van der Waals surface area contributed by atoms with E-state index in [2.05, 4.69) is 114 Å². The lowest BCUT2D eigenvalue weighted by Crippen LogP contribution is -2.48. The Hall–Kier alpha value is -2.50. The SMILES string of the molecule is CC(C)c1ccc(C2(c3ccccc3)CCNN2)c(C2(c3ccccc3)CCNN2)c1. The summed E-state index contributed by atoms with van der Waals surface area (Å²) in [6, 6.07) is 28.9. The van der Waals surface area contributed by atoms with Crippen molar-refractivity contribution in [2.45, 2.75) is 43.7 Å². The van der Waals surface area contributed by atoms with Crippen molar-refractivity contribution in [2.75, 3.05) is 13.1 Å². The molecule has 160 valence electrons. The highest BCUT2D eigenvalue weighted by Gasteiger charge is 2.45.